The summed E-state index contributed by atoms with van der Waals surface area (Å²) in [7, 11) is 2.81. The van der Waals surface area contributed by atoms with Crippen LogP contribution in [0.3, 0.4) is 0 Å². The van der Waals surface area contributed by atoms with E-state index in [-0.39, 0.29) is 70.5 Å². The van der Waals surface area contributed by atoms with Gasteiger partial charge >= 0.3 is 11.9 Å². The molecule has 10 nitrogen and oxygen atoms in total. The number of rotatable bonds is 16. The highest BCUT2D eigenvalue weighted by Gasteiger charge is 2.31. The van der Waals surface area contributed by atoms with Crippen molar-refractivity contribution in [2.24, 2.45) is 5.41 Å². The summed E-state index contributed by atoms with van der Waals surface area (Å²) < 4.78 is 42.5. The number of carboxylic acids is 2. The lowest BCUT2D eigenvalue weighted by atomic mass is 9.87. The number of carbonyl (C=O) groups excluding carboxylic acids is 2. The van der Waals surface area contributed by atoms with Crippen LogP contribution in [0.5, 0.6) is 11.5 Å². The Morgan fingerprint density at radius 3 is 2.07 bits per heavy atom. The molecule has 13 heteroatoms. The van der Waals surface area contributed by atoms with Crippen molar-refractivity contribution in [3.8, 4) is 11.5 Å². The highest BCUT2D eigenvalue weighted by atomic mass is 32.1. The van der Waals surface area contributed by atoms with Gasteiger partial charge in [-0.25, -0.2) is 13.8 Å². The fourth-order valence-electron chi connectivity index (χ4n) is 5.00. The number of thiophene rings is 1. The Balaban J connectivity index is 1.44. The SMILES string of the molecule is COc1cc2nc(C(=O)CCC(=O)O)ccc2c(F)c1CCNCCc1c(OC)cc2sc(C(=O)CC(C)(C)C(=O)O)cc2c1F. The van der Waals surface area contributed by atoms with E-state index in [1.165, 1.54) is 52.3 Å². The van der Waals surface area contributed by atoms with Gasteiger partial charge in [-0.2, -0.15) is 0 Å². The molecule has 0 spiro atoms. The van der Waals surface area contributed by atoms with Crippen molar-refractivity contribution in [1.29, 1.82) is 0 Å². The van der Waals surface area contributed by atoms with Crippen LogP contribution in [-0.4, -0.2) is 66.0 Å². The quantitative estimate of drug-likeness (QED) is 0.0989. The Kier molecular flexibility index (Phi) is 10.7. The molecule has 0 fully saturated rings. The van der Waals surface area contributed by atoms with Crippen molar-refractivity contribution in [3.63, 3.8) is 0 Å². The average molecular weight is 657 g/mol. The predicted molar refractivity (Wildman–Crippen MR) is 168 cm³/mol. The van der Waals surface area contributed by atoms with Gasteiger partial charge in [-0.1, -0.05) is 0 Å². The first kappa shape index (κ1) is 34.4. The lowest BCUT2D eigenvalue weighted by Gasteiger charge is -2.16. The van der Waals surface area contributed by atoms with E-state index in [1.807, 2.05) is 0 Å². The molecule has 2 aromatic carbocycles. The molecule has 0 unspecified atom stereocenters. The summed E-state index contributed by atoms with van der Waals surface area (Å²) in [4.78, 5) is 51.8. The van der Waals surface area contributed by atoms with Gasteiger partial charge in [-0.3, -0.25) is 19.2 Å². The number of ketones is 2. The van der Waals surface area contributed by atoms with E-state index >= 15 is 8.78 Å². The molecule has 0 saturated carbocycles. The standard InChI is InChI=1S/C33H34F2N2O8S/c1-33(2,32(42)43)16-24(39)28-13-20-27(46-28)15-26(45-4)19(31(20)35)10-12-36-11-9-18-25(44-3)14-22-17(30(18)34)5-6-21(37-22)23(38)7-8-29(40)41/h5-6,13-15,36H,7-12,16H2,1-4H3,(H,40,41)(H,42,43). The highest BCUT2D eigenvalue weighted by molar-refractivity contribution is 7.20. The number of nitrogens with one attached hydrogen (secondary N) is 1. The number of aromatic nitrogens is 1. The predicted octanol–water partition coefficient (Wildman–Crippen LogP) is 5.85. The third-order valence-electron chi connectivity index (χ3n) is 7.66. The number of Topliss-reactive ketones (excluding diaryl/α,β-unsaturated/α-hetero) is 2. The number of hydrogen-bond acceptors (Lipinski definition) is 9. The Hall–Kier alpha value is -4.49. The van der Waals surface area contributed by atoms with Crippen LogP contribution in [-0.2, 0) is 22.4 Å². The van der Waals surface area contributed by atoms with Gasteiger partial charge in [-0.15, -0.1) is 11.3 Å². The van der Waals surface area contributed by atoms with Gasteiger partial charge in [0.15, 0.2) is 11.6 Å². The number of pyridine rings is 1. The van der Waals surface area contributed by atoms with Crippen molar-refractivity contribution in [2.75, 3.05) is 27.3 Å². The third-order valence-corrected chi connectivity index (χ3v) is 8.79. The molecular formula is C33H34F2N2O8S. The molecule has 0 saturated heterocycles. The first-order valence-corrected chi connectivity index (χ1v) is 15.3. The monoisotopic (exact) mass is 656 g/mol. The van der Waals surface area contributed by atoms with Crippen molar-refractivity contribution < 1.29 is 47.6 Å². The average Bonchev–Trinajstić information content (AvgIpc) is 3.45. The zero-order valence-corrected chi connectivity index (χ0v) is 26.6. The van der Waals surface area contributed by atoms with E-state index in [0.29, 0.717) is 34.7 Å². The first-order chi connectivity index (χ1) is 21.8. The molecule has 0 aliphatic heterocycles. The Bertz CT molecular complexity index is 1840. The van der Waals surface area contributed by atoms with Crippen LogP contribution in [0.2, 0.25) is 0 Å². The molecule has 2 heterocycles. The van der Waals surface area contributed by atoms with Crippen LogP contribution >= 0.6 is 11.3 Å². The molecule has 2 aromatic heterocycles. The molecule has 0 atom stereocenters. The second-order valence-electron chi connectivity index (χ2n) is 11.4. The number of aliphatic carboxylic acids is 2. The Morgan fingerprint density at radius 2 is 1.48 bits per heavy atom. The van der Waals surface area contributed by atoms with Crippen molar-refractivity contribution in [1.82, 2.24) is 10.3 Å². The zero-order valence-electron chi connectivity index (χ0n) is 25.8. The van der Waals surface area contributed by atoms with E-state index < -0.39 is 34.8 Å². The molecule has 0 amide bonds. The molecular weight excluding hydrogens is 622 g/mol. The van der Waals surface area contributed by atoms with Gasteiger partial charge in [0.2, 0.25) is 0 Å². The fraction of sp³-hybridized carbons (Fsp3) is 0.364. The van der Waals surface area contributed by atoms with Crippen LogP contribution in [0.25, 0.3) is 21.0 Å². The maximum absolute atomic E-state index is 15.7. The number of ether oxygens (including phenoxy) is 2. The number of carboxylic acid groups (broad SMARTS) is 2. The van der Waals surface area contributed by atoms with Gasteiger partial charge in [0, 0.05) is 45.5 Å². The number of fused-ring (bicyclic) bond motifs is 2. The van der Waals surface area contributed by atoms with Gasteiger partial charge in [-0.05, 0) is 64.0 Å². The maximum Gasteiger partial charge on any atom is 0.309 e. The largest absolute Gasteiger partial charge is 0.496 e. The summed E-state index contributed by atoms with van der Waals surface area (Å²) in [6.45, 7) is 3.57. The number of benzene rings is 2. The van der Waals surface area contributed by atoms with Crippen molar-refractivity contribution in [3.05, 3.63) is 63.7 Å². The van der Waals surface area contributed by atoms with E-state index in [1.54, 1.807) is 6.07 Å². The maximum atomic E-state index is 15.7. The topological polar surface area (TPSA) is 152 Å². The second-order valence-corrected chi connectivity index (χ2v) is 12.5. The number of carbonyl (C=O) groups is 4. The molecule has 0 bridgehead atoms. The summed E-state index contributed by atoms with van der Waals surface area (Å²) in [5.74, 6) is -3.57. The number of halogens is 2. The second kappa shape index (κ2) is 14.3. The molecule has 3 N–H and O–H groups in total. The Labute approximate surface area is 267 Å². The van der Waals surface area contributed by atoms with Gasteiger partial charge < -0.3 is 25.0 Å². The summed E-state index contributed by atoms with van der Waals surface area (Å²) in [5, 5.41) is 21.8. The summed E-state index contributed by atoms with van der Waals surface area (Å²) >= 11 is 1.08. The van der Waals surface area contributed by atoms with Crippen LogP contribution in [0, 0.1) is 17.0 Å². The third kappa shape index (κ3) is 7.48. The van der Waals surface area contributed by atoms with E-state index in [9.17, 15) is 24.3 Å². The first-order valence-electron chi connectivity index (χ1n) is 14.4. The fourth-order valence-corrected chi connectivity index (χ4v) is 6.02. The lowest BCUT2D eigenvalue weighted by molar-refractivity contribution is -0.146. The number of nitrogens with zero attached hydrogens (tertiary/aromatic N) is 1. The Morgan fingerprint density at radius 1 is 0.870 bits per heavy atom. The summed E-state index contributed by atoms with van der Waals surface area (Å²) in [6, 6.07) is 7.44. The van der Waals surface area contributed by atoms with Crippen LogP contribution in [0.4, 0.5) is 8.78 Å². The van der Waals surface area contributed by atoms with Gasteiger partial charge in [0.05, 0.1) is 36.4 Å². The molecule has 244 valence electrons. The molecule has 46 heavy (non-hydrogen) atoms. The van der Waals surface area contributed by atoms with E-state index in [0.717, 1.165) is 11.3 Å². The van der Waals surface area contributed by atoms with Crippen LogP contribution < -0.4 is 14.8 Å². The molecule has 4 rings (SSSR count). The minimum atomic E-state index is -1.26. The van der Waals surface area contributed by atoms with Gasteiger partial charge in [0.25, 0.3) is 0 Å². The summed E-state index contributed by atoms with van der Waals surface area (Å²) in [5.41, 5.74) is -0.418. The molecule has 4 aromatic rings. The minimum absolute atomic E-state index is 0.0397. The van der Waals surface area contributed by atoms with Crippen molar-refractivity contribution >= 4 is 55.8 Å². The number of hydrogen-bond donors (Lipinski definition) is 3. The normalized spacial score (nSPS) is 11.6. The summed E-state index contributed by atoms with van der Waals surface area (Å²) in [6.07, 6.45) is -0.316. The highest BCUT2D eigenvalue weighted by Crippen LogP contribution is 2.37. The van der Waals surface area contributed by atoms with Crippen LogP contribution in [0.1, 0.15) is 64.4 Å². The van der Waals surface area contributed by atoms with Crippen LogP contribution in [0.15, 0.2) is 30.3 Å². The molecule has 0 aliphatic carbocycles. The smallest absolute Gasteiger partial charge is 0.309 e. The molecule has 0 aliphatic rings. The minimum Gasteiger partial charge on any atom is -0.496 e. The van der Waals surface area contributed by atoms with Gasteiger partial charge in [0.1, 0.15) is 28.8 Å². The van der Waals surface area contributed by atoms with E-state index in [4.69, 9.17) is 14.6 Å². The molecule has 0 radical (unpaired) electrons. The zero-order chi connectivity index (χ0) is 33.8. The van der Waals surface area contributed by atoms with Crippen molar-refractivity contribution in [2.45, 2.75) is 46.0 Å². The van der Waals surface area contributed by atoms with E-state index in [2.05, 4.69) is 10.3 Å². The number of methoxy groups -OCH3 is 2. The lowest BCUT2D eigenvalue weighted by Crippen LogP contribution is -2.26.